The minimum absolute atomic E-state index is 0.00164. The predicted octanol–water partition coefficient (Wildman–Crippen LogP) is 3.07. The van der Waals surface area contributed by atoms with Crippen LogP contribution in [0, 0.1) is 0 Å². The number of hydrogen-bond donors (Lipinski definition) is 1. The van der Waals surface area contributed by atoms with Crippen molar-refractivity contribution in [3.05, 3.63) is 87.2 Å². The van der Waals surface area contributed by atoms with E-state index in [1.165, 1.54) is 6.07 Å². The molecule has 0 spiro atoms. The molecule has 0 radical (unpaired) electrons. The highest BCUT2D eigenvalue weighted by Gasteiger charge is 2.18. The number of thiophene rings is 1. The van der Waals surface area contributed by atoms with Crippen molar-refractivity contribution in [1.29, 1.82) is 0 Å². The molecule has 6 nitrogen and oxygen atoms in total. The van der Waals surface area contributed by atoms with Gasteiger partial charge in [-0.15, -0.1) is 0 Å². The third-order valence-electron chi connectivity index (χ3n) is 4.09. The van der Waals surface area contributed by atoms with Crippen LogP contribution in [-0.4, -0.2) is 22.2 Å². The number of carbonyl (C=O) groups is 1. The number of rotatable bonds is 5. The van der Waals surface area contributed by atoms with Crippen LogP contribution in [0.3, 0.4) is 0 Å². The topological polar surface area (TPSA) is 77.1 Å². The minimum Gasteiger partial charge on any atom is -0.451 e. The number of hydrogen-bond acceptors (Lipinski definition) is 5. The number of nitrogens with one attached hydrogen (secondary N) is 1. The number of carbonyl (C=O) groups excluding carboxylic acids is 1. The van der Waals surface area contributed by atoms with Gasteiger partial charge >= 0.3 is 0 Å². The first-order valence-corrected chi connectivity index (χ1v) is 8.99. The number of fused-ring (bicyclic) bond motifs is 1. The highest BCUT2D eigenvalue weighted by Crippen LogP contribution is 2.20. The molecule has 0 bridgehead atoms. The Labute approximate surface area is 152 Å². The van der Waals surface area contributed by atoms with Crippen molar-refractivity contribution in [2.45, 2.75) is 6.04 Å². The number of nitrogens with zero attached hydrogens (tertiary/aromatic N) is 2. The number of aromatic nitrogens is 2. The summed E-state index contributed by atoms with van der Waals surface area (Å²) in [4.78, 5) is 24.7. The Balaban J connectivity index is 1.57. The molecule has 26 heavy (non-hydrogen) atoms. The molecule has 4 rings (SSSR count). The van der Waals surface area contributed by atoms with E-state index in [2.05, 4.69) is 10.4 Å². The molecule has 0 saturated carbocycles. The molecule has 1 amide bonds. The normalized spacial score (nSPS) is 12.2. The number of benzene rings is 1. The van der Waals surface area contributed by atoms with Gasteiger partial charge in [0.2, 0.25) is 0 Å². The van der Waals surface area contributed by atoms with Gasteiger partial charge in [-0.1, -0.05) is 12.1 Å². The fourth-order valence-electron chi connectivity index (χ4n) is 2.79. The summed E-state index contributed by atoms with van der Waals surface area (Å²) in [6.07, 6.45) is 3.55. The van der Waals surface area contributed by atoms with Crippen molar-refractivity contribution >= 4 is 28.2 Å². The van der Waals surface area contributed by atoms with Crippen LogP contribution in [0.25, 0.3) is 11.0 Å². The van der Waals surface area contributed by atoms with E-state index in [1.807, 2.05) is 29.1 Å². The van der Waals surface area contributed by atoms with Gasteiger partial charge in [0.15, 0.2) is 11.2 Å². The molecule has 3 aromatic heterocycles. The Morgan fingerprint density at radius 1 is 1.27 bits per heavy atom. The third-order valence-corrected chi connectivity index (χ3v) is 4.79. The highest BCUT2D eigenvalue weighted by atomic mass is 32.1. The highest BCUT2D eigenvalue weighted by molar-refractivity contribution is 7.07. The van der Waals surface area contributed by atoms with Crippen molar-refractivity contribution in [2.75, 3.05) is 6.54 Å². The van der Waals surface area contributed by atoms with E-state index >= 15 is 0 Å². The van der Waals surface area contributed by atoms with Gasteiger partial charge in [0.05, 0.1) is 11.4 Å². The zero-order valence-electron chi connectivity index (χ0n) is 13.7. The molecule has 0 aliphatic rings. The summed E-state index contributed by atoms with van der Waals surface area (Å²) in [5.74, 6) is -0.432. The van der Waals surface area contributed by atoms with Crippen LogP contribution in [0.2, 0.25) is 0 Å². The van der Waals surface area contributed by atoms with Gasteiger partial charge in [-0.05, 0) is 40.6 Å². The second kappa shape index (κ2) is 6.97. The molecular weight excluding hydrogens is 350 g/mol. The van der Waals surface area contributed by atoms with Gasteiger partial charge < -0.3 is 9.73 Å². The van der Waals surface area contributed by atoms with Crippen molar-refractivity contribution in [2.24, 2.45) is 0 Å². The van der Waals surface area contributed by atoms with Crippen molar-refractivity contribution < 1.29 is 9.21 Å². The van der Waals surface area contributed by atoms with Crippen molar-refractivity contribution in [3.63, 3.8) is 0 Å². The average molecular weight is 365 g/mol. The molecule has 0 unspecified atom stereocenters. The lowest BCUT2D eigenvalue weighted by Gasteiger charge is -2.17. The Hall–Kier alpha value is -3.19. The van der Waals surface area contributed by atoms with Gasteiger partial charge in [-0.25, -0.2) is 0 Å². The molecule has 130 valence electrons. The molecular formula is C19H15N3O3S. The van der Waals surface area contributed by atoms with Crippen molar-refractivity contribution in [3.8, 4) is 0 Å². The molecule has 7 heteroatoms. The molecule has 0 saturated heterocycles. The molecule has 1 aromatic carbocycles. The quantitative estimate of drug-likeness (QED) is 0.590. The first-order valence-electron chi connectivity index (χ1n) is 8.05. The van der Waals surface area contributed by atoms with E-state index in [0.29, 0.717) is 17.5 Å². The van der Waals surface area contributed by atoms with E-state index in [0.717, 1.165) is 5.56 Å². The molecule has 0 aliphatic carbocycles. The van der Waals surface area contributed by atoms with E-state index in [1.54, 1.807) is 46.5 Å². The lowest BCUT2D eigenvalue weighted by molar-refractivity contribution is 0.0922. The Morgan fingerprint density at radius 3 is 2.92 bits per heavy atom. The monoisotopic (exact) mass is 365 g/mol. The first kappa shape index (κ1) is 16.3. The zero-order chi connectivity index (χ0) is 17.9. The summed E-state index contributed by atoms with van der Waals surface area (Å²) < 4.78 is 7.38. The average Bonchev–Trinajstić information content (AvgIpc) is 3.36. The summed E-state index contributed by atoms with van der Waals surface area (Å²) in [6.45, 7) is 0.327. The summed E-state index contributed by atoms with van der Waals surface area (Å²) in [7, 11) is 0. The van der Waals surface area contributed by atoms with Gasteiger partial charge in [0, 0.05) is 25.0 Å². The summed E-state index contributed by atoms with van der Waals surface area (Å²) in [5, 5.41) is 11.6. The summed E-state index contributed by atoms with van der Waals surface area (Å²) in [5.41, 5.74) is 1.21. The second-order valence-corrected chi connectivity index (χ2v) is 6.52. The molecule has 1 N–H and O–H groups in total. The summed E-state index contributed by atoms with van der Waals surface area (Å²) in [6, 6.07) is 11.8. The van der Waals surface area contributed by atoms with Crippen LogP contribution >= 0.6 is 11.3 Å². The van der Waals surface area contributed by atoms with E-state index in [9.17, 15) is 9.59 Å². The van der Waals surface area contributed by atoms with Gasteiger partial charge in [-0.3, -0.25) is 14.3 Å². The maximum Gasteiger partial charge on any atom is 0.287 e. The van der Waals surface area contributed by atoms with Crippen LogP contribution in [0.5, 0.6) is 0 Å². The molecule has 4 aromatic rings. The van der Waals surface area contributed by atoms with Gasteiger partial charge in [0.1, 0.15) is 5.58 Å². The fourth-order valence-corrected chi connectivity index (χ4v) is 3.49. The lowest BCUT2D eigenvalue weighted by Crippen LogP contribution is -2.31. The standard InChI is InChI=1S/C19H15N3O3S/c23-16-10-18(25-17-5-2-1-4-14(16)17)19(24)20-11-15(13-6-9-26-12-13)22-8-3-7-21-22/h1-10,12,15H,11H2,(H,20,24)/t15-/m1/s1. The Morgan fingerprint density at radius 2 is 2.15 bits per heavy atom. The minimum atomic E-state index is -0.430. The van der Waals surface area contributed by atoms with Gasteiger partial charge in [-0.2, -0.15) is 16.4 Å². The zero-order valence-corrected chi connectivity index (χ0v) is 14.5. The molecule has 1 atom stereocenters. The summed E-state index contributed by atoms with van der Waals surface area (Å²) >= 11 is 1.59. The van der Waals surface area contributed by atoms with Crippen LogP contribution in [0.1, 0.15) is 22.2 Å². The third kappa shape index (κ3) is 3.16. The number of amides is 1. The Kier molecular flexibility index (Phi) is 4.37. The van der Waals surface area contributed by atoms with Gasteiger partial charge in [0.25, 0.3) is 5.91 Å². The largest absolute Gasteiger partial charge is 0.451 e. The predicted molar refractivity (Wildman–Crippen MR) is 99.5 cm³/mol. The molecule has 0 aliphatic heterocycles. The molecule has 0 fully saturated rings. The number of para-hydroxylation sites is 1. The maximum absolute atomic E-state index is 12.5. The van der Waals surface area contributed by atoms with Crippen LogP contribution in [0.15, 0.2) is 74.8 Å². The van der Waals surface area contributed by atoms with Crippen LogP contribution < -0.4 is 10.7 Å². The van der Waals surface area contributed by atoms with Crippen LogP contribution in [-0.2, 0) is 0 Å². The first-order chi connectivity index (χ1) is 12.7. The maximum atomic E-state index is 12.5. The molecule has 3 heterocycles. The van der Waals surface area contributed by atoms with E-state index < -0.39 is 5.91 Å². The Bertz CT molecular complexity index is 1050. The van der Waals surface area contributed by atoms with E-state index in [4.69, 9.17) is 4.42 Å². The SMILES string of the molecule is O=C(NC[C@H](c1ccsc1)n1cccn1)c1cc(=O)c2ccccc2o1. The fraction of sp³-hybridized carbons (Fsp3) is 0.105. The van der Waals surface area contributed by atoms with E-state index in [-0.39, 0.29) is 17.2 Å². The smallest absolute Gasteiger partial charge is 0.287 e. The van der Waals surface area contributed by atoms with Crippen LogP contribution in [0.4, 0.5) is 0 Å². The second-order valence-electron chi connectivity index (χ2n) is 5.74. The van der Waals surface area contributed by atoms with Crippen molar-refractivity contribution in [1.82, 2.24) is 15.1 Å². The lowest BCUT2D eigenvalue weighted by atomic mass is 10.1.